The van der Waals surface area contributed by atoms with Gasteiger partial charge in [0.25, 0.3) is 0 Å². The number of hydrogen-bond donors (Lipinski definition) is 1. The number of hydrogen-bond acceptors (Lipinski definition) is 2. The van der Waals surface area contributed by atoms with Crippen molar-refractivity contribution in [3.05, 3.63) is 60.7 Å². The Morgan fingerprint density at radius 3 is 2.83 bits per heavy atom. The largest absolute Gasteiger partial charge is 0.320 e. The molecule has 5 heteroatoms. The summed E-state index contributed by atoms with van der Waals surface area (Å²) in [5.41, 5.74) is 1.53. The number of nitrogens with zero attached hydrogens (tertiary/aromatic N) is 2. The van der Waals surface area contributed by atoms with E-state index in [0.717, 1.165) is 5.56 Å². The van der Waals surface area contributed by atoms with Crippen molar-refractivity contribution in [3.63, 3.8) is 0 Å². The molecule has 0 fully saturated rings. The number of benzene rings is 1. The number of carbonyl (C=O) groups is 1. The highest BCUT2D eigenvalue weighted by Gasteiger charge is 2.02. The quantitative estimate of drug-likeness (QED) is 0.839. The Bertz CT molecular complexity index is 560. The van der Waals surface area contributed by atoms with Crippen molar-refractivity contribution in [3.8, 4) is 0 Å². The highest BCUT2D eigenvalue weighted by molar-refractivity contribution is 5.98. The van der Waals surface area contributed by atoms with Gasteiger partial charge in [-0.3, -0.25) is 9.48 Å². The third-order valence-electron chi connectivity index (χ3n) is 2.34. The Labute approximate surface area is 104 Å². The topological polar surface area (TPSA) is 46.9 Å². The summed E-state index contributed by atoms with van der Waals surface area (Å²) in [6.07, 6.45) is 4.44. The Morgan fingerprint density at radius 2 is 2.17 bits per heavy atom. The zero-order valence-electron chi connectivity index (χ0n) is 9.64. The van der Waals surface area contributed by atoms with Gasteiger partial charge in [-0.25, -0.2) is 4.39 Å². The van der Waals surface area contributed by atoms with Crippen LogP contribution in [0.2, 0.25) is 0 Å². The van der Waals surface area contributed by atoms with Crippen LogP contribution in [0, 0.1) is 5.82 Å². The van der Waals surface area contributed by atoms with Crippen LogP contribution in [0.25, 0.3) is 0 Å². The number of anilines is 1. The summed E-state index contributed by atoms with van der Waals surface area (Å²) in [5.74, 6) is -0.547. The molecule has 0 radical (unpaired) electrons. The van der Waals surface area contributed by atoms with Crippen LogP contribution in [-0.4, -0.2) is 15.7 Å². The number of amides is 1. The third kappa shape index (κ3) is 3.04. The second-order valence-electron chi connectivity index (χ2n) is 3.75. The fraction of sp³-hybridized carbons (Fsp3) is 0.0769. The standard InChI is InChI=1S/C13H12FN3O/c1-2-13(18)16-12-7-15-17(9-12)8-10-3-5-11(14)6-4-10/h2-7,9H,1,8H2,(H,16,18). The normalized spacial score (nSPS) is 10.1. The Kier molecular flexibility index (Phi) is 3.52. The van der Waals surface area contributed by atoms with E-state index >= 15 is 0 Å². The van der Waals surface area contributed by atoms with Gasteiger partial charge < -0.3 is 5.32 Å². The minimum Gasteiger partial charge on any atom is -0.320 e. The van der Waals surface area contributed by atoms with E-state index in [2.05, 4.69) is 17.0 Å². The SMILES string of the molecule is C=CC(=O)Nc1cnn(Cc2ccc(F)cc2)c1. The van der Waals surface area contributed by atoms with Crippen LogP contribution in [0.1, 0.15) is 5.56 Å². The van der Waals surface area contributed by atoms with Crippen LogP contribution in [0.4, 0.5) is 10.1 Å². The first kappa shape index (κ1) is 12.0. The average Bonchev–Trinajstić information content (AvgIpc) is 2.79. The predicted molar refractivity (Wildman–Crippen MR) is 66.6 cm³/mol. The molecule has 0 saturated heterocycles. The average molecular weight is 245 g/mol. The highest BCUT2D eigenvalue weighted by atomic mass is 19.1. The number of halogens is 1. The maximum absolute atomic E-state index is 12.7. The Balaban J connectivity index is 2.04. The molecule has 0 unspecified atom stereocenters. The van der Waals surface area contributed by atoms with Gasteiger partial charge in [-0.15, -0.1) is 0 Å². The summed E-state index contributed by atoms with van der Waals surface area (Å²) >= 11 is 0. The van der Waals surface area contributed by atoms with E-state index in [-0.39, 0.29) is 11.7 Å². The second kappa shape index (κ2) is 5.27. The third-order valence-corrected chi connectivity index (χ3v) is 2.34. The lowest BCUT2D eigenvalue weighted by Gasteiger charge is -2.01. The van der Waals surface area contributed by atoms with Crippen molar-refractivity contribution < 1.29 is 9.18 Å². The monoisotopic (exact) mass is 245 g/mol. The lowest BCUT2D eigenvalue weighted by atomic mass is 10.2. The molecule has 0 spiro atoms. The lowest BCUT2D eigenvalue weighted by Crippen LogP contribution is -2.06. The first-order chi connectivity index (χ1) is 8.67. The van der Waals surface area contributed by atoms with Crippen LogP contribution in [-0.2, 0) is 11.3 Å². The summed E-state index contributed by atoms with van der Waals surface area (Å²) in [4.78, 5) is 11.1. The number of aromatic nitrogens is 2. The molecule has 0 atom stereocenters. The van der Waals surface area contributed by atoms with Crippen molar-refractivity contribution in [2.75, 3.05) is 5.32 Å². The van der Waals surface area contributed by atoms with Gasteiger partial charge >= 0.3 is 0 Å². The van der Waals surface area contributed by atoms with Gasteiger partial charge in [0.05, 0.1) is 18.4 Å². The minimum atomic E-state index is -0.281. The summed E-state index contributed by atoms with van der Waals surface area (Å²) in [6.45, 7) is 3.88. The van der Waals surface area contributed by atoms with E-state index in [4.69, 9.17) is 0 Å². The van der Waals surface area contributed by atoms with Gasteiger partial charge in [0.15, 0.2) is 0 Å². The van der Waals surface area contributed by atoms with Gasteiger partial charge in [-0.05, 0) is 23.8 Å². The van der Waals surface area contributed by atoms with E-state index in [1.165, 1.54) is 18.2 Å². The van der Waals surface area contributed by atoms with E-state index in [1.54, 1.807) is 29.2 Å². The fourth-order valence-corrected chi connectivity index (χ4v) is 1.48. The van der Waals surface area contributed by atoms with Crippen LogP contribution >= 0.6 is 0 Å². The van der Waals surface area contributed by atoms with Crippen molar-refractivity contribution in [2.24, 2.45) is 0 Å². The summed E-state index contributed by atoms with van der Waals surface area (Å²) in [5, 5.41) is 6.70. The highest BCUT2D eigenvalue weighted by Crippen LogP contribution is 2.08. The van der Waals surface area contributed by atoms with Crippen molar-refractivity contribution in [2.45, 2.75) is 6.54 Å². The molecule has 2 aromatic rings. The van der Waals surface area contributed by atoms with Crippen LogP contribution in [0.15, 0.2) is 49.3 Å². The molecule has 2 rings (SSSR count). The smallest absolute Gasteiger partial charge is 0.247 e. The number of rotatable bonds is 4. The predicted octanol–water partition coefficient (Wildman–Crippen LogP) is 2.20. The second-order valence-corrected chi connectivity index (χ2v) is 3.75. The minimum absolute atomic E-state index is 0.266. The van der Waals surface area contributed by atoms with Crippen LogP contribution in [0.5, 0.6) is 0 Å². The molecule has 1 aromatic heterocycles. The van der Waals surface area contributed by atoms with Crippen molar-refractivity contribution in [1.82, 2.24) is 9.78 Å². The molecule has 18 heavy (non-hydrogen) atoms. The zero-order chi connectivity index (χ0) is 13.0. The first-order valence-corrected chi connectivity index (χ1v) is 5.37. The maximum atomic E-state index is 12.7. The molecule has 1 amide bonds. The van der Waals surface area contributed by atoms with Crippen molar-refractivity contribution >= 4 is 11.6 Å². The number of carbonyl (C=O) groups excluding carboxylic acids is 1. The first-order valence-electron chi connectivity index (χ1n) is 5.37. The van der Waals surface area contributed by atoms with Crippen LogP contribution < -0.4 is 5.32 Å². The van der Waals surface area contributed by atoms with E-state index in [1.807, 2.05) is 0 Å². The molecule has 1 N–H and O–H groups in total. The fourth-order valence-electron chi connectivity index (χ4n) is 1.48. The molecule has 0 saturated carbocycles. The summed E-state index contributed by atoms with van der Waals surface area (Å²) < 4.78 is 14.4. The molecule has 0 aliphatic carbocycles. The Morgan fingerprint density at radius 1 is 1.44 bits per heavy atom. The number of nitrogens with one attached hydrogen (secondary N) is 1. The molecular weight excluding hydrogens is 233 g/mol. The molecule has 0 aliphatic rings. The van der Waals surface area contributed by atoms with E-state index in [9.17, 15) is 9.18 Å². The Hall–Kier alpha value is -2.43. The molecule has 1 aromatic carbocycles. The van der Waals surface area contributed by atoms with Gasteiger partial charge in [-0.2, -0.15) is 5.10 Å². The zero-order valence-corrected chi connectivity index (χ0v) is 9.64. The lowest BCUT2D eigenvalue weighted by molar-refractivity contribution is -0.111. The summed E-state index contributed by atoms with van der Waals surface area (Å²) in [6, 6.07) is 6.19. The van der Waals surface area contributed by atoms with Crippen LogP contribution in [0.3, 0.4) is 0 Å². The van der Waals surface area contributed by atoms with E-state index in [0.29, 0.717) is 12.2 Å². The molecule has 1 heterocycles. The molecule has 0 bridgehead atoms. The van der Waals surface area contributed by atoms with Gasteiger partial charge in [0.1, 0.15) is 5.82 Å². The maximum Gasteiger partial charge on any atom is 0.247 e. The van der Waals surface area contributed by atoms with E-state index < -0.39 is 0 Å². The van der Waals surface area contributed by atoms with Gasteiger partial charge in [0, 0.05) is 6.20 Å². The molecule has 4 nitrogen and oxygen atoms in total. The van der Waals surface area contributed by atoms with Gasteiger partial charge in [-0.1, -0.05) is 18.7 Å². The summed E-state index contributed by atoms with van der Waals surface area (Å²) in [7, 11) is 0. The van der Waals surface area contributed by atoms with Gasteiger partial charge in [0.2, 0.25) is 5.91 Å². The molecule has 92 valence electrons. The molecular formula is C13H12FN3O. The molecule has 0 aliphatic heterocycles. The van der Waals surface area contributed by atoms with Crippen molar-refractivity contribution in [1.29, 1.82) is 0 Å².